The van der Waals surface area contributed by atoms with Crippen molar-refractivity contribution in [1.29, 1.82) is 0 Å². The molecule has 1 aliphatic carbocycles. The summed E-state index contributed by atoms with van der Waals surface area (Å²) in [5, 5.41) is 18.6. The first-order valence-electron chi connectivity index (χ1n) is 3.60. The summed E-state index contributed by atoms with van der Waals surface area (Å²) in [4.78, 5) is 11.0. The predicted molar refractivity (Wildman–Crippen MR) is 36.8 cm³/mol. The van der Waals surface area contributed by atoms with E-state index in [0.717, 1.165) is 0 Å². The van der Waals surface area contributed by atoms with Crippen molar-refractivity contribution in [3.63, 3.8) is 0 Å². The first-order valence-corrected chi connectivity index (χ1v) is 3.60. The first kappa shape index (κ1) is 8.64. The number of methoxy groups -OCH3 is 1. The highest BCUT2D eigenvalue weighted by Gasteiger charge is 2.45. The molecule has 0 bridgehead atoms. The van der Waals surface area contributed by atoms with Gasteiger partial charge in [-0.05, 0) is 12.8 Å². The normalized spacial score (nSPS) is 39.2. The summed E-state index contributed by atoms with van der Waals surface area (Å²) in [5.74, 6) is -2.38. The van der Waals surface area contributed by atoms with E-state index >= 15 is 0 Å². The van der Waals surface area contributed by atoms with E-state index in [1.807, 2.05) is 0 Å². The van der Waals surface area contributed by atoms with Gasteiger partial charge in [-0.25, -0.2) is 0 Å². The second kappa shape index (κ2) is 2.89. The fourth-order valence-electron chi connectivity index (χ4n) is 1.27. The quantitative estimate of drug-likeness (QED) is 0.504. The summed E-state index contributed by atoms with van der Waals surface area (Å²) >= 11 is 0. The lowest BCUT2D eigenvalue weighted by atomic mass is 9.90. The van der Waals surface area contributed by atoms with Crippen LogP contribution in [0.25, 0.3) is 0 Å². The molecule has 0 aliphatic heterocycles. The maximum Gasteiger partial charge on any atom is 0.253 e. The summed E-state index contributed by atoms with van der Waals surface area (Å²) < 4.78 is 4.56. The number of hydrogen-bond donors (Lipinski definition) is 2. The molecule has 1 rings (SSSR count). The van der Waals surface area contributed by atoms with Gasteiger partial charge in [-0.2, -0.15) is 0 Å². The van der Waals surface area contributed by atoms with Gasteiger partial charge in [0.1, 0.15) is 6.10 Å². The van der Waals surface area contributed by atoms with Crippen molar-refractivity contribution < 1.29 is 19.7 Å². The summed E-state index contributed by atoms with van der Waals surface area (Å²) in [6.45, 7) is 0. The van der Waals surface area contributed by atoms with Crippen LogP contribution in [-0.4, -0.2) is 35.0 Å². The molecule has 2 atom stereocenters. The zero-order valence-corrected chi connectivity index (χ0v) is 6.41. The first-order chi connectivity index (χ1) is 5.11. The number of carbonyl (C=O) groups is 1. The molecule has 0 heterocycles. The molecule has 1 aliphatic rings. The van der Waals surface area contributed by atoms with Gasteiger partial charge in [-0.15, -0.1) is 0 Å². The maximum atomic E-state index is 11.0. The Hall–Kier alpha value is -0.450. The molecular weight excluding hydrogens is 148 g/mol. The lowest BCUT2D eigenvalue weighted by molar-refractivity contribution is -0.239. The van der Waals surface area contributed by atoms with Gasteiger partial charge >= 0.3 is 0 Å². The van der Waals surface area contributed by atoms with Crippen molar-refractivity contribution in [2.24, 2.45) is 0 Å². The summed E-state index contributed by atoms with van der Waals surface area (Å²) in [6.07, 6.45) is 0.233. The highest BCUT2D eigenvalue weighted by Crippen LogP contribution is 2.25. The standard InChI is InChI=1S/C7H12O4/c1-11-7(10)5(8)3-2-4-6(7)9/h5,8,10H,2-4H2,1H3. The Bertz CT molecular complexity index is 168. The van der Waals surface area contributed by atoms with Crippen LogP contribution in [0.4, 0.5) is 0 Å². The molecule has 0 amide bonds. The monoisotopic (exact) mass is 160 g/mol. The molecule has 0 aromatic carbocycles. The van der Waals surface area contributed by atoms with E-state index in [1.165, 1.54) is 7.11 Å². The van der Waals surface area contributed by atoms with Gasteiger partial charge in [0.2, 0.25) is 0 Å². The Morgan fingerprint density at radius 1 is 1.73 bits per heavy atom. The molecule has 4 nitrogen and oxygen atoms in total. The Balaban J connectivity index is 2.77. The third kappa shape index (κ3) is 1.29. The van der Waals surface area contributed by atoms with Crippen molar-refractivity contribution in [1.82, 2.24) is 0 Å². The number of Topliss-reactive ketones (excluding diaryl/α,β-unsaturated/α-hetero) is 1. The predicted octanol–water partition coefficient (Wildman–Crippen LogP) is -0.565. The smallest absolute Gasteiger partial charge is 0.253 e. The van der Waals surface area contributed by atoms with Crippen LogP contribution in [0.3, 0.4) is 0 Å². The average molecular weight is 160 g/mol. The van der Waals surface area contributed by atoms with E-state index in [1.54, 1.807) is 0 Å². The van der Waals surface area contributed by atoms with Crippen LogP contribution in [-0.2, 0) is 9.53 Å². The lowest BCUT2D eigenvalue weighted by Gasteiger charge is -2.33. The maximum absolute atomic E-state index is 11.0. The van der Waals surface area contributed by atoms with E-state index < -0.39 is 17.7 Å². The zero-order valence-electron chi connectivity index (χ0n) is 6.41. The second-order valence-electron chi connectivity index (χ2n) is 2.73. The van der Waals surface area contributed by atoms with Gasteiger partial charge in [0.25, 0.3) is 5.79 Å². The fourth-order valence-corrected chi connectivity index (χ4v) is 1.27. The van der Waals surface area contributed by atoms with Crippen molar-refractivity contribution >= 4 is 5.78 Å². The SMILES string of the molecule is COC1(O)C(=O)CCCC1O. The molecule has 1 saturated carbocycles. The molecule has 1 fully saturated rings. The highest BCUT2D eigenvalue weighted by molar-refractivity contribution is 5.87. The largest absolute Gasteiger partial charge is 0.387 e. The molecule has 0 aromatic heterocycles. The third-order valence-electron chi connectivity index (χ3n) is 2.04. The van der Waals surface area contributed by atoms with Gasteiger partial charge in [0, 0.05) is 13.5 Å². The van der Waals surface area contributed by atoms with E-state index in [9.17, 15) is 15.0 Å². The lowest BCUT2D eigenvalue weighted by Crippen LogP contribution is -2.53. The second-order valence-corrected chi connectivity index (χ2v) is 2.73. The van der Waals surface area contributed by atoms with Crippen LogP contribution in [0.5, 0.6) is 0 Å². The molecule has 0 spiro atoms. The number of aliphatic hydroxyl groups is 2. The number of ether oxygens (including phenoxy) is 1. The molecule has 0 saturated heterocycles. The van der Waals surface area contributed by atoms with Gasteiger partial charge < -0.3 is 14.9 Å². The summed E-state index contributed by atoms with van der Waals surface area (Å²) in [7, 11) is 1.21. The average Bonchev–Trinajstić information content (AvgIpc) is 2.00. The van der Waals surface area contributed by atoms with Crippen molar-refractivity contribution in [2.45, 2.75) is 31.2 Å². The number of rotatable bonds is 1. The van der Waals surface area contributed by atoms with E-state index in [-0.39, 0.29) is 6.42 Å². The topological polar surface area (TPSA) is 66.8 Å². The Morgan fingerprint density at radius 3 is 2.73 bits per heavy atom. The van der Waals surface area contributed by atoms with Crippen LogP contribution in [0.15, 0.2) is 0 Å². The molecule has 0 radical (unpaired) electrons. The van der Waals surface area contributed by atoms with Gasteiger partial charge in [0.15, 0.2) is 5.78 Å². The van der Waals surface area contributed by atoms with Crippen LogP contribution in [0, 0.1) is 0 Å². The van der Waals surface area contributed by atoms with E-state index in [0.29, 0.717) is 12.8 Å². The molecule has 64 valence electrons. The summed E-state index contributed by atoms with van der Waals surface area (Å²) in [6, 6.07) is 0. The summed E-state index contributed by atoms with van der Waals surface area (Å²) in [5.41, 5.74) is 0. The van der Waals surface area contributed by atoms with Crippen molar-refractivity contribution in [2.75, 3.05) is 7.11 Å². The minimum absolute atomic E-state index is 0.279. The number of ketones is 1. The Labute approximate surface area is 64.8 Å². The van der Waals surface area contributed by atoms with E-state index in [4.69, 9.17) is 0 Å². The van der Waals surface area contributed by atoms with Gasteiger partial charge in [-0.1, -0.05) is 0 Å². The number of carbonyl (C=O) groups excluding carboxylic acids is 1. The molecule has 11 heavy (non-hydrogen) atoms. The Morgan fingerprint density at radius 2 is 2.36 bits per heavy atom. The third-order valence-corrected chi connectivity index (χ3v) is 2.04. The zero-order chi connectivity index (χ0) is 8.48. The van der Waals surface area contributed by atoms with Gasteiger partial charge in [-0.3, -0.25) is 4.79 Å². The number of aliphatic hydroxyl groups excluding tert-OH is 1. The van der Waals surface area contributed by atoms with Crippen LogP contribution < -0.4 is 0 Å². The fraction of sp³-hybridized carbons (Fsp3) is 0.857. The van der Waals surface area contributed by atoms with Crippen molar-refractivity contribution in [3.05, 3.63) is 0 Å². The molecular formula is C7H12O4. The van der Waals surface area contributed by atoms with Crippen LogP contribution in [0.1, 0.15) is 19.3 Å². The van der Waals surface area contributed by atoms with Gasteiger partial charge in [0.05, 0.1) is 0 Å². The molecule has 2 N–H and O–H groups in total. The molecule has 0 aromatic rings. The Kier molecular flexibility index (Phi) is 2.27. The minimum atomic E-state index is -1.95. The molecule has 2 unspecified atom stereocenters. The minimum Gasteiger partial charge on any atom is -0.387 e. The van der Waals surface area contributed by atoms with Crippen LogP contribution in [0.2, 0.25) is 0 Å². The van der Waals surface area contributed by atoms with Crippen LogP contribution >= 0.6 is 0 Å². The highest BCUT2D eigenvalue weighted by atomic mass is 16.6. The van der Waals surface area contributed by atoms with Crippen molar-refractivity contribution in [3.8, 4) is 0 Å². The number of hydrogen-bond acceptors (Lipinski definition) is 4. The molecule has 4 heteroatoms. The van der Waals surface area contributed by atoms with E-state index in [2.05, 4.69) is 4.74 Å².